The zero-order valence-electron chi connectivity index (χ0n) is 18.4. The van der Waals surface area contributed by atoms with Crippen LogP contribution >= 0.6 is 24.0 Å². The van der Waals surface area contributed by atoms with Gasteiger partial charge in [0.2, 0.25) is 5.91 Å². The van der Waals surface area contributed by atoms with E-state index >= 15 is 0 Å². The van der Waals surface area contributed by atoms with Gasteiger partial charge in [-0.15, -0.1) is 24.0 Å². The average Bonchev–Trinajstić information content (AvgIpc) is 3.12. The molecule has 2 N–H and O–H groups in total. The van der Waals surface area contributed by atoms with Gasteiger partial charge in [-0.05, 0) is 58.0 Å². The van der Waals surface area contributed by atoms with Crippen molar-refractivity contribution in [1.29, 1.82) is 0 Å². The Hall–Kier alpha value is -0.570. The van der Waals surface area contributed by atoms with Gasteiger partial charge in [-0.1, -0.05) is 19.8 Å². The molecule has 28 heavy (non-hydrogen) atoms. The summed E-state index contributed by atoms with van der Waals surface area (Å²) in [6.07, 6.45) is 8.01. The molecule has 0 radical (unpaired) electrons. The van der Waals surface area contributed by atoms with Gasteiger partial charge in [0.1, 0.15) is 0 Å². The first-order chi connectivity index (χ1) is 13.0. The molecule has 0 aromatic carbocycles. The lowest BCUT2D eigenvalue weighted by molar-refractivity contribution is -0.138. The van der Waals surface area contributed by atoms with Crippen LogP contribution in [-0.4, -0.2) is 75.0 Å². The Morgan fingerprint density at radius 1 is 1.21 bits per heavy atom. The van der Waals surface area contributed by atoms with Gasteiger partial charge in [-0.3, -0.25) is 9.79 Å². The van der Waals surface area contributed by atoms with Crippen LogP contribution in [0.5, 0.6) is 0 Å². The van der Waals surface area contributed by atoms with E-state index in [1.807, 2.05) is 14.1 Å². The van der Waals surface area contributed by atoms with Crippen molar-refractivity contribution in [3.05, 3.63) is 0 Å². The molecule has 0 spiro atoms. The lowest BCUT2D eigenvalue weighted by Gasteiger charge is -2.31. The molecule has 0 aromatic rings. The van der Waals surface area contributed by atoms with E-state index in [0.717, 1.165) is 63.6 Å². The monoisotopic (exact) mass is 507 g/mol. The molecule has 1 amide bonds. The third-order valence-electron chi connectivity index (χ3n) is 5.99. The summed E-state index contributed by atoms with van der Waals surface area (Å²) < 4.78 is 0. The summed E-state index contributed by atoms with van der Waals surface area (Å²) in [5.41, 5.74) is -0.296. The molecule has 1 atom stereocenters. The summed E-state index contributed by atoms with van der Waals surface area (Å²) >= 11 is 0. The van der Waals surface area contributed by atoms with Gasteiger partial charge in [0.15, 0.2) is 5.96 Å². The molecular formula is C21H42IN5O. The van der Waals surface area contributed by atoms with Crippen molar-refractivity contribution in [3.8, 4) is 0 Å². The summed E-state index contributed by atoms with van der Waals surface area (Å²) in [4.78, 5) is 21.8. The quantitative estimate of drug-likeness (QED) is 0.230. The van der Waals surface area contributed by atoms with Crippen molar-refractivity contribution in [2.75, 3.05) is 53.4 Å². The molecule has 6 nitrogen and oxygen atoms in total. The Morgan fingerprint density at radius 2 is 1.93 bits per heavy atom. The molecule has 0 aromatic heterocycles. The van der Waals surface area contributed by atoms with Crippen LogP contribution in [0.1, 0.15) is 58.8 Å². The molecular weight excluding hydrogens is 465 g/mol. The highest BCUT2D eigenvalue weighted by molar-refractivity contribution is 14.0. The molecule has 1 heterocycles. The zero-order valence-corrected chi connectivity index (χ0v) is 20.8. The molecule has 1 aliphatic heterocycles. The second-order valence-corrected chi connectivity index (χ2v) is 8.71. The first-order valence-corrected chi connectivity index (χ1v) is 10.9. The number of carbonyl (C=O) groups excluding carboxylic acids is 1. The molecule has 1 saturated heterocycles. The van der Waals surface area contributed by atoms with Crippen molar-refractivity contribution in [2.45, 2.75) is 58.8 Å². The molecule has 2 fully saturated rings. The van der Waals surface area contributed by atoms with Gasteiger partial charge in [0.25, 0.3) is 0 Å². The number of hydrogen-bond acceptors (Lipinski definition) is 3. The summed E-state index contributed by atoms with van der Waals surface area (Å²) in [7, 11) is 3.72. The van der Waals surface area contributed by atoms with Crippen molar-refractivity contribution in [1.82, 2.24) is 20.4 Å². The van der Waals surface area contributed by atoms with E-state index in [-0.39, 0.29) is 35.3 Å². The number of piperidine rings is 1. The van der Waals surface area contributed by atoms with Crippen LogP contribution in [0.3, 0.4) is 0 Å². The van der Waals surface area contributed by atoms with E-state index < -0.39 is 0 Å². The lowest BCUT2D eigenvalue weighted by atomic mass is 9.85. The summed E-state index contributed by atoms with van der Waals surface area (Å²) in [5, 5.41) is 6.81. The van der Waals surface area contributed by atoms with Crippen LogP contribution in [0.25, 0.3) is 0 Å². The number of aliphatic imine (C=N–C) groups is 1. The molecule has 1 saturated carbocycles. The fourth-order valence-electron chi connectivity index (χ4n) is 4.54. The van der Waals surface area contributed by atoms with E-state index in [4.69, 9.17) is 4.99 Å². The van der Waals surface area contributed by atoms with Gasteiger partial charge < -0.3 is 20.4 Å². The van der Waals surface area contributed by atoms with Crippen LogP contribution in [0, 0.1) is 11.3 Å². The van der Waals surface area contributed by atoms with Gasteiger partial charge >= 0.3 is 0 Å². The van der Waals surface area contributed by atoms with E-state index in [1.165, 1.54) is 25.9 Å². The first kappa shape index (κ1) is 25.5. The van der Waals surface area contributed by atoms with Crippen LogP contribution in [-0.2, 0) is 4.79 Å². The normalized spacial score (nSPS) is 22.4. The van der Waals surface area contributed by atoms with Crippen molar-refractivity contribution < 1.29 is 4.79 Å². The lowest BCUT2D eigenvalue weighted by Crippen LogP contribution is -2.43. The molecule has 2 aliphatic rings. The number of nitrogens with zero attached hydrogens (tertiary/aromatic N) is 3. The van der Waals surface area contributed by atoms with E-state index in [0.29, 0.717) is 6.54 Å². The average molecular weight is 508 g/mol. The minimum absolute atomic E-state index is 0. The van der Waals surface area contributed by atoms with Gasteiger partial charge in [-0.2, -0.15) is 0 Å². The maximum absolute atomic E-state index is 12.7. The second kappa shape index (κ2) is 12.9. The predicted octanol–water partition coefficient (Wildman–Crippen LogP) is 2.93. The number of halogens is 1. The third kappa shape index (κ3) is 7.69. The smallest absolute Gasteiger partial charge is 0.230 e. The van der Waals surface area contributed by atoms with Crippen molar-refractivity contribution in [3.63, 3.8) is 0 Å². The van der Waals surface area contributed by atoms with Crippen molar-refractivity contribution in [2.24, 2.45) is 16.3 Å². The number of guanidine groups is 1. The second-order valence-electron chi connectivity index (χ2n) is 8.71. The molecule has 7 heteroatoms. The Labute approximate surface area is 189 Å². The Morgan fingerprint density at radius 3 is 2.54 bits per heavy atom. The number of carbonyl (C=O) groups is 1. The maximum atomic E-state index is 12.7. The maximum Gasteiger partial charge on any atom is 0.230 e. The van der Waals surface area contributed by atoms with Gasteiger partial charge in [0.05, 0.1) is 12.0 Å². The number of rotatable bonds is 8. The fraction of sp³-hybridized carbons (Fsp3) is 0.905. The van der Waals surface area contributed by atoms with Crippen LogP contribution < -0.4 is 10.6 Å². The minimum atomic E-state index is -0.296. The largest absolute Gasteiger partial charge is 0.357 e. The minimum Gasteiger partial charge on any atom is -0.357 e. The molecule has 1 unspecified atom stereocenters. The number of likely N-dealkylation sites (tertiary alicyclic amines) is 1. The van der Waals surface area contributed by atoms with Crippen LogP contribution in [0.2, 0.25) is 0 Å². The predicted molar refractivity (Wildman–Crippen MR) is 128 cm³/mol. The number of amides is 1. The highest BCUT2D eigenvalue weighted by Gasteiger charge is 2.42. The Bertz CT molecular complexity index is 491. The topological polar surface area (TPSA) is 60.0 Å². The Balaban J connectivity index is 0.00000392. The summed E-state index contributed by atoms with van der Waals surface area (Å²) in [5.74, 6) is 1.92. The highest BCUT2D eigenvalue weighted by Crippen LogP contribution is 2.39. The van der Waals surface area contributed by atoms with Gasteiger partial charge in [-0.25, -0.2) is 0 Å². The zero-order chi connectivity index (χ0) is 19.7. The fourth-order valence-corrected chi connectivity index (χ4v) is 4.54. The molecule has 0 bridgehead atoms. The third-order valence-corrected chi connectivity index (χ3v) is 5.99. The van der Waals surface area contributed by atoms with Crippen molar-refractivity contribution >= 4 is 35.8 Å². The highest BCUT2D eigenvalue weighted by atomic mass is 127. The molecule has 164 valence electrons. The van der Waals surface area contributed by atoms with Crippen LogP contribution in [0.4, 0.5) is 0 Å². The van der Waals surface area contributed by atoms with E-state index in [1.54, 1.807) is 4.90 Å². The van der Waals surface area contributed by atoms with E-state index in [2.05, 4.69) is 29.4 Å². The van der Waals surface area contributed by atoms with Crippen LogP contribution in [0.15, 0.2) is 4.99 Å². The summed E-state index contributed by atoms with van der Waals surface area (Å²) in [6, 6.07) is 0. The molecule has 1 aliphatic carbocycles. The Kier molecular flexibility index (Phi) is 11.7. The number of hydrogen-bond donors (Lipinski definition) is 2. The summed E-state index contributed by atoms with van der Waals surface area (Å²) in [6.45, 7) is 10.4. The van der Waals surface area contributed by atoms with Gasteiger partial charge in [0, 0.05) is 33.7 Å². The number of nitrogens with one attached hydrogen (secondary N) is 2. The first-order valence-electron chi connectivity index (χ1n) is 10.9. The standard InChI is InChI=1S/C21H41N5O.HI/c1-5-22-20(23-13-9-15-26-14-8-10-18(2)16-26)24-17-21(11-6-7-12-21)19(27)25(3)4;/h18H,5-17H2,1-4H3,(H2,22,23,24);1H. The SMILES string of the molecule is CCNC(=NCC1(C(=O)N(C)C)CCCC1)NCCCN1CCCC(C)C1.I. The molecule has 2 rings (SSSR count). The van der Waals surface area contributed by atoms with E-state index in [9.17, 15) is 4.79 Å².